The first-order chi connectivity index (χ1) is 11.4. The van der Waals surface area contributed by atoms with E-state index in [1.54, 1.807) is 16.8 Å². The maximum atomic E-state index is 11.8. The maximum absolute atomic E-state index is 11.8. The highest BCUT2D eigenvalue weighted by molar-refractivity contribution is 9.10. The Balaban J connectivity index is 2.33. The van der Waals surface area contributed by atoms with Crippen LogP contribution >= 0.6 is 15.9 Å². The number of methoxy groups -OCH3 is 2. The lowest BCUT2D eigenvalue weighted by atomic mass is 10.1. The van der Waals surface area contributed by atoms with Crippen LogP contribution in [0, 0.1) is 0 Å². The molecule has 0 aliphatic heterocycles. The first-order valence-electron chi connectivity index (χ1n) is 6.89. The summed E-state index contributed by atoms with van der Waals surface area (Å²) in [4.78, 5) is 23.2. The summed E-state index contributed by atoms with van der Waals surface area (Å²) in [7, 11) is 4.29. The molecule has 0 atom stereocenters. The van der Waals surface area contributed by atoms with Gasteiger partial charge in [0.05, 0.1) is 24.8 Å². The zero-order valence-corrected chi connectivity index (χ0v) is 15.0. The molecule has 0 bridgehead atoms. The van der Waals surface area contributed by atoms with Crippen molar-refractivity contribution in [3.05, 3.63) is 46.7 Å². The van der Waals surface area contributed by atoms with Crippen LogP contribution in [-0.2, 0) is 26.1 Å². The maximum Gasteiger partial charge on any atom is 0.354 e. The normalized spacial score (nSPS) is 11.1. The molecule has 8 heteroatoms. The SMILES string of the molecule is COC(=O)/C=C(/Nc1cccc(-c2nn(C)cc2Br)c1)C(=O)OC. The van der Waals surface area contributed by atoms with Gasteiger partial charge in [0, 0.05) is 24.5 Å². The number of aromatic nitrogens is 2. The van der Waals surface area contributed by atoms with E-state index in [0.29, 0.717) is 5.69 Å². The third kappa shape index (κ3) is 4.23. The van der Waals surface area contributed by atoms with Gasteiger partial charge in [0.15, 0.2) is 0 Å². The second-order valence-electron chi connectivity index (χ2n) is 4.78. The summed E-state index contributed by atoms with van der Waals surface area (Å²) in [5.41, 5.74) is 2.18. The first kappa shape index (κ1) is 17.7. The summed E-state index contributed by atoms with van der Waals surface area (Å²) in [5.74, 6) is -1.34. The van der Waals surface area contributed by atoms with E-state index in [0.717, 1.165) is 21.8 Å². The molecule has 0 saturated carbocycles. The summed E-state index contributed by atoms with van der Waals surface area (Å²) in [6.45, 7) is 0. The van der Waals surface area contributed by atoms with Crippen LogP contribution in [0.5, 0.6) is 0 Å². The van der Waals surface area contributed by atoms with Crippen LogP contribution in [0.1, 0.15) is 0 Å². The summed E-state index contributed by atoms with van der Waals surface area (Å²) in [5, 5.41) is 7.24. The van der Waals surface area contributed by atoms with E-state index in [1.165, 1.54) is 14.2 Å². The van der Waals surface area contributed by atoms with Crippen molar-refractivity contribution in [2.75, 3.05) is 19.5 Å². The molecule has 0 spiro atoms. The van der Waals surface area contributed by atoms with Crippen molar-refractivity contribution in [3.63, 3.8) is 0 Å². The van der Waals surface area contributed by atoms with Crippen LogP contribution in [0.25, 0.3) is 11.3 Å². The van der Waals surface area contributed by atoms with Crippen LogP contribution < -0.4 is 5.32 Å². The van der Waals surface area contributed by atoms with Crippen molar-refractivity contribution in [1.29, 1.82) is 0 Å². The number of halogens is 1. The van der Waals surface area contributed by atoms with Gasteiger partial charge in [-0.25, -0.2) is 9.59 Å². The predicted molar refractivity (Wildman–Crippen MR) is 92.1 cm³/mol. The molecule has 2 rings (SSSR count). The fraction of sp³-hybridized carbons (Fsp3) is 0.188. The average Bonchev–Trinajstić information content (AvgIpc) is 2.92. The number of nitrogens with zero attached hydrogens (tertiary/aromatic N) is 2. The Hall–Kier alpha value is -2.61. The van der Waals surface area contributed by atoms with E-state index in [-0.39, 0.29) is 5.70 Å². The molecule has 1 aromatic carbocycles. The molecule has 24 heavy (non-hydrogen) atoms. The van der Waals surface area contributed by atoms with E-state index in [1.807, 2.05) is 25.4 Å². The fourth-order valence-corrected chi connectivity index (χ4v) is 2.59. The molecular weight excluding hydrogens is 378 g/mol. The van der Waals surface area contributed by atoms with Crippen molar-refractivity contribution in [1.82, 2.24) is 9.78 Å². The standard InChI is InChI=1S/C16H16BrN3O4/c1-20-9-12(17)15(19-20)10-5-4-6-11(7-10)18-13(16(22)24-3)8-14(21)23-2/h4-9,18H,1-3H3/b13-8+. The summed E-state index contributed by atoms with van der Waals surface area (Å²) >= 11 is 3.46. The molecule has 126 valence electrons. The number of benzene rings is 1. The molecule has 0 aliphatic rings. The molecule has 0 amide bonds. The smallest absolute Gasteiger partial charge is 0.354 e. The fourth-order valence-electron chi connectivity index (χ4n) is 1.99. The van der Waals surface area contributed by atoms with Crippen molar-refractivity contribution >= 4 is 33.6 Å². The van der Waals surface area contributed by atoms with Gasteiger partial charge in [-0.2, -0.15) is 5.10 Å². The molecule has 1 aromatic heterocycles. The van der Waals surface area contributed by atoms with Gasteiger partial charge in [-0.3, -0.25) is 4.68 Å². The minimum atomic E-state index is -0.676. The zero-order valence-electron chi connectivity index (χ0n) is 13.4. The summed E-state index contributed by atoms with van der Waals surface area (Å²) < 4.78 is 11.7. The molecule has 0 unspecified atom stereocenters. The van der Waals surface area contributed by atoms with Gasteiger partial charge in [0.1, 0.15) is 11.4 Å². The topological polar surface area (TPSA) is 82.5 Å². The molecule has 7 nitrogen and oxygen atoms in total. The number of rotatable bonds is 5. The van der Waals surface area contributed by atoms with Gasteiger partial charge in [0.2, 0.25) is 0 Å². The quantitative estimate of drug-likeness (QED) is 0.620. The minimum Gasteiger partial charge on any atom is -0.466 e. The molecular formula is C16H16BrN3O4. The monoisotopic (exact) mass is 393 g/mol. The van der Waals surface area contributed by atoms with Crippen LogP contribution in [0.15, 0.2) is 46.7 Å². The molecule has 0 saturated heterocycles. The lowest BCUT2D eigenvalue weighted by Gasteiger charge is -2.10. The van der Waals surface area contributed by atoms with Crippen molar-refractivity contribution in [3.8, 4) is 11.3 Å². The van der Waals surface area contributed by atoms with Crippen molar-refractivity contribution in [2.24, 2.45) is 7.05 Å². The highest BCUT2D eigenvalue weighted by Gasteiger charge is 2.14. The molecule has 0 radical (unpaired) electrons. The van der Waals surface area contributed by atoms with Crippen LogP contribution in [0.2, 0.25) is 0 Å². The van der Waals surface area contributed by atoms with Gasteiger partial charge in [-0.05, 0) is 28.1 Å². The average molecular weight is 394 g/mol. The van der Waals surface area contributed by atoms with Gasteiger partial charge >= 0.3 is 11.9 Å². The number of hydrogen-bond acceptors (Lipinski definition) is 6. The van der Waals surface area contributed by atoms with Gasteiger partial charge in [0.25, 0.3) is 0 Å². The number of carbonyl (C=O) groups is 2. The van der Waals surface area contributed by atoms with Gasteiger partial charge in [-0.1, -0.05) is 12.1 Å². The number of aryl methyl sites for hydroxylation is 1. The number of anilines is 1. The predicted octanol–water partition coefficient (Wildman–Crippen LogP) is 2.49. The van der Waals surface area contributed by atoms with E-state index in [9.17, 15) is 9.59 Å². The Morgan fingerprint density at radius 1 is 1.29 bits per heavy atom. The lowest BCUT2D eigenvalue weighted by Crippen LogP contribution is -2.15. The third-order valence-electron chi connectivity index (χ3n) is 3.07. The molecule has 0 aliphatic carbocycles. The number of esters is 2. The number of nitrogens with one attached hydrogen (secondary N) is 1. The first-order valence-corrected chi connectivity index (χ1v) is 7.68. The van der Waals surface area contributed by atoms with Crippen LogP contribution in [-0.4, -0.2) is 35.9 Å². The van der Waals surface area contributed by atoms with E-state index in [4.69, 9.17) is 0 Å². The van der Waals surface area contributed by atoms with E-state index in [2.05, 4.69) is 35.8 Å². The molecule has 1 heterocycles. The number of hydrogen-bond donors (Lipinski definition) is 1. The second kappa shape index (κ2) is 7.78. The third-order valence-corrected chi connectivity index (χ3v) is 3.65. The Kier molecular flexibility index (Phi) is 5.75. The Labute approximate surface area is 147 Å². The number of carbonyl (C=O) groups excluding carboxylic acids is 2. The van der Waals surface area contributed by atoms with E-state index < -0.39 is 11.9 Å². The van der Waals surface area contributed by atoms with Crippen LogP contribution in [0.4, 0.5) is 5.69 Å². The van der Waals surface area contributed by atoms with E-state index >= 15 is 0 Å². The van der Waals surface area contributed by atoms with Crippen molar-refractivity contribution in [2.45, 2.75) is 0 Å². The van der Waals surface area contributed by atoms with Crippen molar-refractivity contribution < 1.29 is 19.1 Å². The highest BCUT2D eigenvalue weighted by atomic mass is 79.9. The second-order valence-corrected chi connectivity index (χ2v) is 5.63. The van der Waals surface area contributed by atoms with Gasteiger partial charge in [-0.15, -0.1) is 0 Å². The number of ether oxygens (including phenoxy) is 2. The Morgan fingerprint density at radius 3 is 2.62 bits per heavy atom. The van der Waals surface area contributed by atoms with Crippen LogP contribution in [0.3, 0.4) is 0 Å². The highest BCUT2D eigenvalue weighted by Crippen LogP contribution is 2.28. The summed E-state index contributed by atoms with van der Waals surface area (Å²) in [6, 6.07) is 7.27. The molecule has 1 N–H and O–H groups in total. The largest absolute Gasteiger partial charge is 0.466 e. The Morgan fingerprint density at radius 2 is 2.04 bits per heavy atom. The molecule has 2 aromatic rings. The van der Waals surface area contributed by atoms with Gasteiger partial charge < -0.3 is 14.8 Å². The Bertz CT molecular complexity index is 798. The molecule has 0 fully saturated rings. The minimum absolute atomic E-state index is 0.0263. The zero-order chi connectivity index (χ0) is 17.7. The lowest BCUT2D eigenvalue weighted by molar-refractivity contribution is -0.138. The summed E-state index contributed by atoms with van der Waals surface area (Å²) in [6.07, 6.45) is 2.88.